The highest BCUT2D eigenvalue weighted by atomic mass is 35.5. The normalized spacial score (nSPS) is 19.9. The molecule has 4 aromatic heterocycles. The molecule has 1 aliphatic carbocycles. The van der Waals surface area contributed by atoms with E-state index in [-0.39, 0.29) is 12.3 Å². The van der Waals surface area contributed by atoms with E-state index in [0.29, 0.717) is 44.6 Å². The van der Waals surface area contributed by atoms with Gasteiger partial charge in [-0.05, 0) is 30.5 Å². The highest BCUT2D eigenvalue weighted by Crippen LogP contribution is 2.42. The van der Waals surface area contributed by atoms with Crippen LogP contribution in [-0.2, 0) is 6.42 Å². The van der Waals surface area contributed by atoms with Crippen molar-refractivity contribution in [3.05, 3.63) is 45.8 Å². The van der Waals surface area contributed by atoms with Crippen LogP contribution < -0.4 is 5.32 Å². The lowest BCUT2D eigenvalue weighted by Gasteiger charge is -2.36. The Balaban J connectivity index is 1.52. The molecule has 0 aromatic carbocycles. The van der Waals surface area contributed by atoms with Crippen LogP contribution in [0.2, 0.25) is 4.34 Å². The molecule has 2 atom stereocenters. The molecule has 1 aliphatic rings. The van der Waals surface area contributed by atoms with Crippen molar-refractivity contribution in [1.82, 2.24) is 35.0 Å². The van der Waals surface area contributed by atoms with Gasteiger partial charge in [-0.15, -0.1) is 11.3 Å². The van der Waals surface area contributed by atoms with Crippen molar-refractivity contribution in [2.24, 2.45) is 5.92 Å². The number of pyridine rings is 1. The number of halogens is 3. The summed E-state index contributed by atoms with van der Waals surface area (Å²) in [5, 5.41) is 9.46. The zero-order valence-electron chi connectivity index (χ0n) is 19.1. The lowest BCUT2D eigenvalue weighted by Crippen LogP contribution is -2.45. The quantitative estimate of drug-likeness (QED) is 0.360. The number of carbonyl (C=O) groups excluding carboxylic acids is 1. The van der Waals surface area contributed by atoms with Crippen LogP contribution in [0.15, 0.2) is 30.7 Å². The fourth-order valence-electron chi connectivity index (χ4n) is 4.71. The van der Waals surface area contributed by atoms with Gasteiger partial charge >= 0.3 is 0 Å². The van der Waals surface area contributed by atoms with E-state index in [0.717, 1.165) is 17.2 Å². The van der Waals surface area contributed by atoms with Crippen molar-refractivity contribution >= 4 is 39.9 Å². The average Bonchev–Trinajstić information content (AvgIpc) is 3.51. The molecule has 0 saturated heterocycles. The van der Waals surface area contributed by atoms with Gasteiger partial charge in [0.25, 0.3) is 11.8 Å². The van der Waals surface area contributed by atoms with Gasteiger partial charge in [0.05, 0.1) is 20.9 Å². The van der Waals surface area contributed by atoms with Crippen molar-refractivity contribution in [2.45, 2.75) is 57.5 Å². The third-order valence-corrected chi connectivity index (χ3v) is 7.26. The minimum atomic E-state index is -2.94. The van der Waals surface area contributed by atoms with E-state index in [1.807, 2.05) is 4.57 Å². The summed E-state index contributed by atoms with van der Waals surface area (Å²) in [6.07, 6.45) is 3.26. The lowest BCUT2D eigenvalue weighted by molar-refractivity contribution is -0.0589. The van der Waals surface area contributed by atoms with E-state index in [2.05, 4.69) is 39.3 Å². The molecular weight excluding hydrogens is 496 g/mol. The van der Waals surface area contributed by atoms with Gasteiger partial charge < -0.3 is 9.88 Å². The molecule has 184 valence electrons. The summed E-state index contributed by atoms with van der Waals surface area (Å²) >= 11 is 7.06. The van der Waals surface area contributed by atoms with Crippen LogP contribution in [0.1, 0.15) is 54.6 Å². The molecule has 0 bridgehead atoms. The molecule has 35 heavy (non-hydrogen) atoms. The maximum Gasteiger partial charge on any atom is 0.261 e. The van der Waals surface area contributed by atoms with Crippen molar-refractivity contribution in [2.75, 3.05) is 0 Å². The molecule has 0 spiro atoms. The summed E-state index contributed by atoms with van der Waals surface area (Å²) in [6, 6.07) is 3.77. The van der Waals surface area contributed by atoms with Gasteiger partial charge in [-0.1, -0.05) is 25.4 Å². The van der Waals surface area contributed by atoms with E-state index in [4.69, 9.17) is 16.6 Å². The third-order valence-electron chi connectivity index (χ3n) is 6.03. The molecule has 2 N–H and O–H groups in total. The second-order valence-corrected chi connectivity index (χ2v) is 11.0. The molecule has 5 rings (SSSR count). The SMILES string of the molecule is CC(C)Cc1nc2cnc(-c3ncn[nH]3)cc2n1[C@H]1C[C@@H](NC(=O)c2ccc(Cl)s2)CC(F)(F)C1. The Bertz CT molecular complexity index is 1350. The molecule has 0 aliphatic heterocycles. The number of hydrogen-bond acceptors (Lipinski definition) is 6. The molecule has 8 nitrogen and oxygen atoms in total. The zero-order valence-corrected chi connectivity index (χ0v) is 20.7. The third kappa shape index (κ3) is 5.06. The van der Waals surface area contributed by atoms with E-state index in [1.54, 1.807) is 24.4 Å². The van der Waals surface area contributed by atoms with E-state index in [1.165, 1.54) is 6.33 Å². The van der Waals surface area contributed by atoms with E-state index in [9.17, 15) is 4.79 Å². The van der Waals surface area contributed by atoms with Gasteiger partial charge in [0.15, 0.2) is 5.82 Å². The monoisotopic (exact) mass is 519 g/mol. The van der Waals surface area contributed by atoms with Crippen LogP contribution in [0.5, 0.6) is 0 Å². The largest absolute Gasteiger partial charge is 0.348 e. The Labute approximate surface area is 209 Å². The Morgan fingerprint density at radius 1 is 1.34 bits per heavy atom. The average molecular weight is 520 g/mol. The second kappa shape index (κ2) is 9.27. The first-order valence-corrected chi connectivity index (χ1v) is 12.5. The topological polar surface area (TPSA) is 101 Å². The number of thiophene rings is 1. The zero-order chi connectivity index (χ0) is 24.7. The van der Waals surface area contributed by atoms with Crippen LogP contribution in [0.25, 0.3) is 22.6 Å². The first-order chi connectivity index (χ1) is 16.7. The van der Waals surface area contributed by atoms with Crippen LogP contribution >= 0.6 is 22.9 Å². The summed E-state index contributed by atoms with van der Waals surface area (Å²) in [5.74, 6) is -1.85. The summed E-state index contributed by atoms with van der Waals surface area (Å²) in [5.41, 5.74) is 1.89. The Morgan fingerprint density at radius 2 is 2.17 bits per heavy atom. The molecule has 4 aromatic rings. The molecule has 1 amide bonds. The van der Waals surface area contributed by atoms with Gasteiger partial charge in [-0.25, -0.2) is 18.7 Å². The number of H-pyrrole nitrogens is 1. The highest BCUT2D eigenvalue weighted by Gasteiger charge is 2.43. The highest BCUT2D eigenvalue weighted by molar-refractivity contribution is 7.18. The van der Waals surface area contributed by atoms with Crippen LogP contribution in [0, 0.1) is 5.92 Å². The van der Waals surface area contributed by atoms with Gasteiger partial charge in [0, 0.05) is 31.3 Å². The summed E-state index contributed by atoms with van der Waals surface area (Å²) < 4.78 is 32.4. The smallest absolute Gasteiger partial charge is 0.261 e. The fourth-order valence-corrected chi connectivity index (χ4v) is 5.65. The van der Waals surface area contributed by atoms with Crippen LogP contribution in [0.3, 0.4) is 0 Å². The van der Waals surface area contributed by atoms with Crippen molar-refractivity contribution in [3.63, 3.8) is 0 Å². The number of fused-ring (bicyclic) bond motifs is 1. The number of carbonyl (C=O) groups is 1. The fraction of sp³-hybridized carbons (Fsp3) is 0.435. The maximum atomic E-state index is 15.0. The Hall–Kier alpha value is -2.92. The van der Waals surface area contributed by atoms with Crippen LogP contribution in [-0.4, -0.2) is 47.6 Å². The number of nitrogens with one attached hydrogen (secondary N) is 2. The Kier molecular flexibility index (Phi) is 6.30. The molecule has 4 heterocycles. The second-order valence-electron chi connectivity index (χ2n) is 9.32. The number of hydrogen-bond donors (Lipinski definition) is 2. The van der Waals surface area contributed by atoms with Gasteiger partial charge in [0.2, 0.25) is 0 Å². The number of aromatic nitrogens is 6. The molecular formula is C23H24ClF2N7OS. The first kappa shape index (κ1) is 23.8. The van der Waals surface area contributed by atoms with Gasteiger partial charge in [-0.2, -0.15) is 5.10 Å². The van der Waals surface area contributed by atoms with Gasteiger partial charge in [-0.3, -0.25) is 14.9 Å². The summed E-state index contributed by atoms with van der Waals surface area (Å²) in [7, 11) is 0. The number of alkyl halides is 2. The van der Waals surface area contributed by atoms with Gasteiger partial charge in [0.1, 0.15) is 23.4 Å². The molecule has 12 heteroatoms. The summed E-state index contributed by atoms with van der Waals surface area (Å²) in [4.78, 5) is 26.4. The molecule has 1 fully saturated rings. The van der Waals surface area contributed by atoms with E-state index >= 15 is 8.78 Å². The Morgan fingerprint density at radius 3 is 2.86 bits per heavy atom. The number of rotatable bonds is 6. The number of imidazole rings is 1. The standard InChI is InChI=1S/C23H24ClF2N7OS/c1-12(2)5-20-31-16-10-27-15(21-28-11-29-32-21)7-17(16)33(20)14-6-13(8-23(25,26)9-14)30-22(34)18-3-4-19(24)35-18/h3-4,7,10-14H,5-6,8-9H2,1-2H3,(H,30,34)(H,28,29,32)/t13-,14+/m1/s1. The lowest BCUT2D eigenvalue weighted by atomic mass is 9.87. The molecule has 0 unspecified atom stereocenters. The summed E-state index contributed by atoms with van der Waals surface area (Å²) in [6.45, 7) is 4.12. The minimum Gasteiger partial charge on any atom is -0.348 e. The molecule has 1 saturated carbocycles. The predicted octanol–water partition coefficient (Wildman–Crippen LogP) is 5.29. The maximum absolute atomic E-state index is 15.0. The van der Waals surface area contributed by atoms with Crippen molar-refractivity contribution in [1.29, 1.82) is 0 Å². The first-order valence-electron chi connectivity index (χ1n) is 11.3. The molecule has 0 radical (unpaired) electrons. The number of aromatic amines is 1. The van der Waals surface area contributed by atoms with E-state index < -0.39 is 30.3 Å². The number of amides is 1. The number of nitrogens with zero attached hydrogens (tertiary/aromatic N) is 5. The predicted molar refractivity (Wildman–Crippen MR) is 130 cm³/mol. The van der Waals surface area contributed by atoms with Crippen molar-refractivity contribution in [3.8, 4) is 11.5 Å². The minimum absolute atomic E-state index is 0.274. The van der Waals surface area contributed by atoms with Crippen molar-refractivity contribution < 1.29 is 13.6 Å². The van der Waals surface area contributed by atoms with Crippen LogP contribution in [0.4, 0.5) is 8.78 Å².